The smallest absolute Gasteiger partial charge is 0.106 e. The van der Waals surface area contributed by atoms with Gasteiger partial charge in [-0.25, -0.2) is 0 Å². The van der Waals surface area contributed by atoms with Gasteiger partial charge < -0.3 is 10.6 Å². The number of thiocarbonyl (C=S) groups is 1. The van der Waals surface area contributed by atoms with E-state index in [1.54, 1.807) is 0 Å². The first-order valence-corrected chi connectivity index (χ1v) is 6.66. The van der Waals surface area contributed by atoms with Crippen molar-refractivity contribution in [2.75, 3.05) is 18.0 Å². The zero-order valence-corrected chi connectivity index (χ0v) is 11.8. The Morgan fingerprint density at radius 2 is 1.82 bits per heavy atom. The lowest BCUT2D eigenvalue weighted by Crippen LogP contribution is -2.27. The van der Waals surface area contributed by atoms with Crippen molar-refractivity contribution in [3.8, 4) is 0 Å². The molecule has 1 aromatic rings. The van der Waals surface area contributed by atoms with E-state index >= 15 is 0 Å². The summed E-state index contributed by atoms with van der Waals surface area (Å²) in [4.78, 5) is 2.86. The van der Waals surface area contributed by atoms with Crippen LogP contribution in [0.2, 0.25) is 0 Å². The fraction of sp³-hybridized carbons (Fsp3) is 0.500. The summed E-state index contributed by atoms with van der Waals surface area (Å²) < 4.78 is 0. The van der Waals surface area contributed by atoms with Crippen LogP contribution in [0.1, 0.15) is 37.8 Å². The fourth-order valence-corrected chi connectivity index (χ4v) is 2.18. The van der Waals surface area contributed by atoms with Gasteiger partial charge in [-0.3, -0.25) is 0 Å². The molecular weight excluding hydrogens is 228 g/mol. The van der Waals surface area contributed by atoms with Crippen LogP contribution in [-0.4, -0.2) is 18.1 Å². The normalized spacial score (nSPS) is 10.3. The van der Waals surface area contributed by atoms with Crippen LogP contribution in [0.25, 0.3) is 0 Å². The number of nitrogens with two attached hydrogens (primary N) is 1. The number of rotatable bonds is 6. The fourth-order valence-electron chi connectivity index (χ4n) is 2.02. The Morgan fingerprint density at radius 3 is 2.29 bits per heavy atom. The SMILES string of the molecule is CCCN(CCC)c1ccc(C)cc1C(N)=S. The van der Waals surface area contributed by atoms with E-state index in [1.807, 2.05) is 0 Å². The number of hydrogen-bond acceptors (Lipinski definition) is 2. The molecule has 0 aliphatic heterocycles. The molecule has 0 saturated carbocycles. The van der Waals surface area contributed by atoms with E-state index in [0.717, 1.165) is 31.5 Å². The molecule has 17 heavy (non-hydrogen) atoms. The largest absolute Gasteiger partial charge is 0.389 e. The molecule has 0 aliphatic rings. The molecule has 0 spiro atoms. The molecule has 0 aromatic heterocycles. The number of nitrogens with zero attached hydrogens (tertiary/aromatic N) is 1. The molecular formula is C14H22N2S. The minimum atomic E-state index is 0.487. The molecule has 0 saturated heterocycles. The van der Waals surface area contributed by atoms with Gasteiger partial charge in [-0.15, -0.1) is 0 Å². The number of benzene rings is 1. The van der Waals surface area contributed by atoms with E-state index in [4.69, 9.17) is 18.0 Å². The van der Waals surface area contributed by atoms with E-state index in [0.29, 0.717) is 4.99 Å². The highest BCUT2D eigenvalue weighted by Gasteiger charge is 2.11. The molecule has 0 unspecified atom stereocenters. The molecule has 2 nitrogen and oxygen atoms in total. The van der Waals surface area contributed by atoms with Crippen LogP contribution < -0.4 is 10.6 Å². The van der Waals surface area contributed by atoms with Crippen LogP contribution >= 0.6 is 12.2 Å². The van der Waals surface area contributed by atoms with Crippen LogP contribution in [0, 0.1) is 6.92 Å². The minimum Gasteiger partial charge on any atom is -0.389 e. The molecule has 0 amide bonds. The van der Waals surface area contributed by atoms with Gasteiger partial charge in [0.1, 0.15) is 4.99 Å². The third-order valence-corrected chi connectivity index (χ3v) is 2.97. The van der Waals surface area contributed by atoms with Crippen LogP contribution in [0.5, 0.6) is 0 Å². The average Bonchev–Trinajstić information content (AvgIpc) is 2.28. The van der Waals surface area contributed by atoms with Gasteiger partial charge in [0.2, 0.25) is 0 Å². The van der Waals surface area contributed by atoms with Crippen LogP contribution in [0.4, 0.5) is 5.69 Å². The summed E-state index contributed by atoms with van der Waals surface area (Å²) >= 11 is 5.15. The molecule has 2 N–H and O–H groups in total. The summed E-state index contributed by atoms with van der Waals surface area (Å²) in [6.45, 7) is 8.54. The average molecular weight is 250 g/mol. The van der Waals surface area contributed by atoms with Crippen LogP contribution in [0.15, 0.2) is 18.2 Å². The summed E-state index contributed by atoms with van der Waals surface area (Å²) in [7, 11) is 0. The van der Waals surface area contributed by atoms with Crippen molar-refractivity contribution < 1.29 is 0 Å². The van der Waals surface area contributed by atoms with Crippen molar-refractivity contribution in [3.63, 3.8) is 0 Å². The first-order chi connectivity index (χ1) is 8.10. The van der Waals surface area contributed by atoms with Crippen molar-refractivity contribution in [2.45, 2.75) is 33.6 Å². The summed E-state index contributed by atoms with van der Waals surface area (Å²) in [5.41, 5.74) is 9.19. The topological polar surface area (TPSA) is 29.3 Å². The number of anilines is 1. The lowest BCUT2D eigenvalue weighted by molar-refractivity contribution is 0.744. The third kappa shape index (κ3) is 3.70. The molecule has 1 aromatic carbocycles. The second kappa shape index (κ2) is 6.60. The summed E-state index contributed by atoms with van der Waals surface area (Å²) in [5, 5.41) is 0. The summed E-state index contributed by atoms with van der Waals surface area (Å²) in [6.07, 6.45) is 2.26. The lowest BCUT2D eigenvalue weighted by atomic mass is 10.1. The molecule has 94 valence electrons. The highest BCUT2D eigenvalue weighted by molar-refractivity contribution is 7.80. The Kier molecular flexibility index (Phi) is 5.42. The predicted octanol–water partition coefficient (Wildman–Crippen LogP) is 3.26. The minimum absolute atomic E-state index is 0.487. The monoisotopic (exact) mass is 250 g/mol. The van der Waals surface area contributed by atoms with E-state index in [1.165, 1.54) is 11.3 Å². The Hall–Kier alpha value is -1.09. The van der Waals surface area contributed by atoms with Crippen molar-refractivity contribution in [2.24, 2.45) is 5.73 Å². The van der Waals surface area contributed by atoms with E-state index in [-0.39, 0.29) is 0 Å². The van der Waals surface area contributed by atoms with E-state index < -0.39 is 0 Å². The van der Waals surface area contributed by atoms with E-state index in [2.05, 4.69) is 43.9 Å². The maximum Gasteiger partial charge on any atom is 0.106 e. The van der Waals surface area contributed by atoms with Crippen LogP contribution in [-0.2, 0) is 0 Å². The second-order valence-electron chi connectivity index (χ2n) is 4.37. The molecule has 1 rings (SSSR count). The summed E-state index contributed by atoms with van der Waals surface area (Å²) in [6, 6.07) is 6.33. The lowest BCUT2D eigenvalue weighted by Gasteiger charge is -2.26. The molecule has 0 atom stereocenters. The van der Waals surface area contributed by atoms with Crippen molar-refractivity contribution in [3.05, 3.63) is 29.3 Å². The Balaban J connectivity index is 3.12. The molecule has 0 fully saturated rings. The molecule has 0 heterocycles. The quantitative estimate of drug-likeness (QED) is 0.786. The number of aryl methyl sites for hydroxylation is 1. The van der Waals surface area contributed by atoms with Crippen molar-refractivity contribution in [1.29, 1.82) is 0 Å². The van der Waals surface area contributed by atoms with E-state index in [9.17, 15) is 0 Å². The van der Waals surface area contributed by atoms with Crippen molar-refractivity contribution >= 4 is 22.9 Å². The van der Waals surface area contributed by atoms with Crippen LogP contribution in [0.3, 0.4) is 0 Å². The Bertz CT molecular complexity index is 382. The van der Waals surface area contributed by atoms with Gasteiger partial charge in [0.05, 0.1) is 0 Å². The van der Waals surface area contributed by atoms with Gasteiger partial charge in [0.25, 0.3) is 0 Å². The molecule has 0 bridgehead atoms. The van der Waals surface area contributed by atoms with Gasteiger partial charge in [0, 0.05) is 24.3 Å². The predicted molar refractivity (Wildman–Crippen MR) is 79.9 cm³/mol. The standard InChI is InChI=1S/C14H22N2S/c1-4-8-16(9-5-2)13-7-6-11(3)10-12(13)14(15)17/h6-7,10H,4-5,8-9H2,1-3H3,(H2,15,17). The first kappa shape index (κ1) is 14.0. The molecule has 0 radical (unpaired) electrons. The van der Waals surface area contributed by atoms with Gasteiger partial charge in [-0.1, -0.05) is 37.7 Å². The second-order valence-corrected chi connectivity index (χ2v) is 4.81. The van der Waals surface area contributed by atoms with Crippen molar-refractivity contribution in [1.82, 2.24) is 0 Å². The Morgan fingerprint density at radius 1 is 1.24 bits per heavy atom. The molecule has 0 aliphatic carbocycles. The number of hydrogen-bond donors (Lipinski definition) is 1. The van der Waals surface area contributed by atoms with Gasteiger partial charge in [0.15, 0.2) is 0 Å². The van der Waals surface area contributed by atoms with Gasteiger partial charge in [-0.2, -0.15) is 0 Å². The maximum absolute atomic E-state index is 5.82. The highest BCUT2D eigenvalue weighted by atomic mass is 32.1. The first-order valence-electron chi connectivity index (χ1n) is 6.25. The zero-order valence-electron chi connectivity index (χ0n) is 11.0. The Labute approximate surface area is 110 Å². The third-order valence-electron chi connectivity index (χ3n) is 2.75. The highest BCUT2D eigenvalue weighted by Crippen LogP contribution is 2.22. The molecule has 3 heteroatoms. The maximum atomic E-state index is 5.82. The van der Waals surface area contributed by atoms with Gasteiger partial charge >= 0.3 is 0 Å². The zero-order chi connectivity index (χ0) is 12.8. The van der Waals surface area contributed by atoms with Gasteiger partial charge in [-0.05, 0) is 31.9 Å². The summed E-state index contributed by atoms with van der Waals surface area (Å²) in [5.74, 6) is 0.